The van der Waals surface area contributed by atoms with E-state index in [1.807, 2.05) is 31.2 Å². The molecule has 0 atom stereocenters. The summed E-state index contributed by atoms with van der Waals surface area (Å²) in [4.78, 5) is 8.39. The zero-order valence-electron chi connectivity index (χ0n) is 11.6. The van der Waals surface area contributed by atoms with Gasteiger partial charge in [-0.05, 0) is 37.1 Å². The lowest BCUT2D eigenvalue weighted by atomic mass is 10.1. The fourth-order valence-electron chi connectivity index (χ4n) is 1.77. The molecular formula is C15H17ClN2O2. The SMILES string of the molecule is COCCc1ccc(OCc2nc(C)cc(Cl)n2)cc1. The molecule has 1 aromatic carbocycles. The number of methoxy groups -OCH3 is 1. The molecule has 1 aromatic heterocycles. The van der Waals surface area contributed by atoms with Gasteiger partial charge < -0.3 is 9.47 Å². The quantitative estimate of drug-likeness (QED) is 0.767. The average Bonchev–Trinajstić information content (AvgIpc) is 2.43. The fourth-order valence-corrected chi connectivity index (χ4v) is 2.03. The van der Waals surface area contributed by atoms with E-state index in [1.54, 1.807) is 13.2 Å². The maximum absolute atomic E-state index is 5.88. The van der Waals surface area contributed by atoms with Gasteiger partial charge in [0.05, 0.1) is 6.61 Å². The van der Waals surface area contributed by atoms with E-state index in [0.29, 0.717) is 17.6 Å². The second-order valence-corrected chi connectivity index (χ2v) is 4.81. The van der Waals surface area contributed by atoms with Gasteiger partial charge >= 0.3 is 0 Å². The maximum Gasteiger partial charge on any atom is 0.167 e. The van der Waals surface area contributed by atoms with Gasteiger partial charge in [-0.2, -0.15) is 0 Å². The Morgan fingerprint density at radius 2 is 1.90 bits per heavy atom. The van der Waals surface area contributed by atoms with Crippen LogP contribution in [0.4, 0.5) is 0 Å². The largest absolute Gasteiger partial charge is 0.486 e. The van der Waals surface area contributed by atoms with Crippen molar-refractivity contribution >= 4 is 11.6 Å². The molecule has 2 rings (SSSR count). The predicted octanol–water partition coefficient (Wildman–Crippen LogP) is 3.21. The first-order valence-electron chi connectivity index (χ1n) is 6.38. The number of ether oxygens (including phenoxy) is 2. The van der Waals surface area contributed by atoms with E-state index in [4.69, 9.17) is 21.1 Å². The molecule has 0 spiro atoms. The Morgan fingerprint density at radius 1 is 1.15 bits per heavy atom. The third-order valence-corrected chi connectivity index (χ3v) is 2.95. The first-order chi connectivity index (χ1) is 9.67. The minimum Gasteiger partial charge on any atom is -0.486 e. The lowest BCUT2D eigenvalue weighted by Crippen LogP contribution is -2.03. The normalized spacial score (nSPS) is 10.6. The molecule has 0 fully saturated rings. The van der Waals surface area contributed by atoms with Crippen LogP contribution >= 0.6 is 11.6 Å². The lowest BCUT2D eigenvalue weighted by Gasteiger charge is -2.07. The number of benzene rings is 1. The summed E-state index contributed by atoms with van der Waals surface area (Å²) in [6.07, 6.45) is 0.896. The highest BCUT2D eigenvalue weighted by atomic mass is 35.5. The van der Waals surface area contributed by atoms with Crippen molar-refractivity contribution in [2.75, 3.05) is 13.7 Å². The van der Waals surface area contributed by atoms with Crippen molar-refractivity contribution in [3.63, 3.8) is 0 Å². The van der Waals surface area contributed by atoms with Crippen LogP contribution in [0.5, 0.6) is 5.75 Å². The monoisotopic (exact) mass is 292 g/mol. The molecule has 0 aliphatic heterocycles. The van der Waals surface area contributed by atoms with Crippen LogP contribution in [0.15, 0.2) is 30.3 Å². The number of halogens is 1. The summed E-state index contributed by atoms with van der Waals surface area (Å²) in [5.74, 6) is 1.37. The van der Waals surface area contributed by atoms with Gasteiger partial charge in [-0.15, -0.1) is 0 Å². The highest BCUT2D eigenvalue weighted by Gasteiger charge is 2.02. The van der Waals surface area contributed by atoms with Crippen LogP contribution in [0.2, 0.25) is 5.15 Å². The lowest BCUT2D eigenvalue weighted by molar-refractivity contribution is 0.202. The summed E-state index contributed by atoms with van der Waals surface area (Å²) in [7, 11) is 1.70. The molecule has 0 aliphatic rings. The fraction of sp³-hybridized carbons (Fsp3) is 0.333. The molecule has 0 saturated carbocycles. The van der Waals surface area contributed by atoms with Gasteiger partial charge in [0.2, 0.25) is 0 Å². The zero-order valence-corrected chi connectivity index (χ0v) is 12.4. The summed E-state index contributed by atoms with van der Waals surface area (Å²) in [6.45, 7) is 2.90. The number of nitrogens with zero attached hydrogens (tertiary/aromatic N) is 2. The number of aromatic nitrogens is 2. The number of aryl methyl sites for hydroxylation is 1. The molecule has 106 valence electrons. The van der Waals surface area contributed by atoms with Crippen molar-refractivity contribution in [3.8, 4) is 5.75 Å². The molecule has 4 nitrogen and oxygen atoms in total. The molecule has 0 aliphatic carbocycles. The maximum atomic E-state index is 5.88. The summed E-state index contributed by atoms with van der Waals surface area (Å²) in [5.41, 5.74) is 2.05. The van der Waals surface area contributed by atoms with Crippen molar-refractivity contribution in [2.45, 2.75) is 20.0 Å². The van der Waals surface area contributed by atoms with Crippen LogP contribution in [0.3, 0.4) is 0 Å². The highest BCUT2D eigenvalue weighted by Crippen LogP contribution is 2.14. The Morgan fingerprint density at radius 3 is 2.55 bits per heavy atom. The molecule has 2 aromatic rings. The van der Waals surface area contributed by atoms with Crippen LogP contribution in [0.25, 0.3) is 0 Å². The molecular weight excluding hydrogens is 276 g/mol. The number of rotatable bonds is 6. The highest BCUT2D eigenvalue weighted by molar-refractivity contribution is 6.29. The smallest absolute Gasteiger partial charge is 0.167 e. The van der Waals surface area contributed by atoms with Crippen LogP contribution in [0, 0.1) is 6.92 Å². The second kappa shape index (κ2) is 7.22. The van der Waals surface area contributed by atoms with Crippen molar-refractivity contribution in [1.29, 1.82) is 0 Å². The molecule has 20 heavy (non-hydrogen) atoms. The molecule has 0 saturated heterocycles. The summed E-state index contributed by atoms with van der Waals surface area (Å²) >= 11 is 5.88. The Kier molecular flexibility index (Phi) is 5.32. The standard InChI is InChI=1S/C15H17ClN2O2/c1-11-9-14(16)18-15(17-11)10-20-13-5-3-12(4-6-13)7-8-19-2/h3-6,9H,7-8,10H2,1-2H3. The van der Waals surface area contributed by atoms with Gasteiger partial charge in [-0.1, -0.05) is 23.7 Å². The van der Waals surface area contributed by atoms with E-state index >= 15 is 0 Å². The average molecular weight is 293 g/mol. The van der Waals surface area contributed by atoms with Crippen molar-refractivity contribution < 1.29 is 9.47 Å². The number of hydrogen-bond acceptors (Lipinski definition) is 4. The first kappa shape index (κ1) is 14.8. The predicted molar refractivity (Wildman–Crippen MR) is 78.1 cm³/mol. The van der Waals surface area contributed by atoms with Crippen LogP contribution in [-0.2, 0) is 17.8 Å². The van der Waals surface area contributed by atoms with E-state index in [2.05, 4.69) is 9.97 Å². The molecule has 1 heterocycles. The first-order valence-corrected chi connectivity index (χ1v) is 6.76. The number of hydrogen-bond donors (Lipinski definition) is 0. The van der Waals surface area contributed by atoms with E-state index in [9.17, 15) is 0 Å². The van der Waals surface area contributed by atoms with Crippen LogP contribution < -0.4 is 4.74 Å². The minimum atomic E-state index is 0.304. The summed E-state index contributed by atoms with van der Waals surface area (Å²) in [6, 6.07) is 9.64. The molecule has 0 bridgehead atoms. The Hall–Kier alpha value is -1.65. The van der Waals surface area contributed by atoms with Gasteiger partial charge in [0.25, 0.3) is 0 Å². The molecule has 0 radical (unpaired) electrons. The second-order valence-electron chi connectivity index (χ2n) is 4.42. The van der Waals surface area contributed by atoms with E-state index in [-0.39, 0.29) is 0 Å². The van der Waals surface area contributed by atoms with Crippen molar-refractivity contribution in [1.82, 2.24) is 9.97 Å². The van der Waals surface area contributed by atoms with Crippen LogP contribution in [0.1, 0.15) is 17.1 Å². The van der Waals surface area contributed by atoms with Gasteiger partial charge in [-0.25, -0.2) is 9.97 Å². The van der Waals surface area contributed by atoms with Gasteiger partial charge in [-0.3, -0.25) is 0 Å². The minimum absolute atomic E-state index is 0.304. The van der Waals surface area contributed by atoms with E-state index < -0.39 is 0 Å². The van der Waals surface area contributed by atoms with E-state index in [0.717, 1.165) is 24.5 Å². The van der Waals surface area contributed by atoms with E-state index in [1.165, 1.54) is 5.56 Å². The molecule has 0 N–H and O–H groups in total. The van der Waals surface area contributed by atoms with Crippen molar-refractivity contribution in [2.24, 2.45) is 0 Å². The molecule has 0 unspecified atom stereocenters. The van der Waals surface area contributed by atoms with Gasteiger partial charge in [0, 0.05) is 12.8 Å². The third-order valence-electron chi connectivity index (χ3n) is 2.76. The molecule has 0 amide bonds. The summed E-state index contributed by atoms with van der Waals surface area (Å²) in [5, 5.41) is 0.436. The summed E-state index contributed by atoms with van der Waals surface area (Å²) < 4.78 is 10.7. The Balaban J connectivity index is 1.93. The van der Waals surface area contributed by atoms with Crippen molar-refractivity contribution in [3.05, 3.63) is 52.6 Å². The van der Waals surface area contributed by atoms with Crippen LogP contribution in [-0.4, -0.2) is 23.7 Å². The zero-order chi connectivity index (χ0) is 14.4. The Labute approximate surface area is 123 Å². The molecule has 5 heteroatoms. The van der Waals surface area contributed by atoms with Gasteiger partial charge in [0.15, 0.2) is 5.82 Å². The topological polar surface area (TPSA) is 44.2 Å². The van der Waals surface area contributed by atoms with Gasteiger partial charge in [0.1, 0.15) is 17.5 Å². The Bertz CT molecular complexity index is 538. The third kappa shape index (κ3) is 4.47.